The Bertz CT molecular complexity index is 336. The van der Waals surface area contributed by atoms with Crippen LogP contribution in [0.5, 0.6) is 0 Å². The van der Waals surface area contributed by atoms with E-state index in [9.17, 15) is 14.4 Å². The van der Waals surface area contributed by atoms with Crippen molar-refractivity contribution >= 4 is 17.9 Å². The summed E-state index contributed by atoms with van der Waals surface area (Å²) in [5.41, 5.74) is 0. The molecule has 0 N–H and O–H groups in total. The quantitative estimate of drug-likeness (QED) is 0.214. The summed E-state index contributed by atoms with van der Waals surface area (Å²) in [4.78, 5) is 31.8. The predicted octanol–water partition coefficient (Wildman–Crippen LogP) is 2.92. The molecule has 0 saturated carbocycles. The van der Waals surface area contributed by atoms with Crippen molar-refractivity contribution in [3.63, 3.8) is 0 Å². The summed E-state index contributed by atoms with van der Waals surface area (Å²) in [6.07, 6.45) is 6.91. The summed E-state index contributed by atoms with van der Waals surface area (Å²) in [5.74, 6) is -1.33. The number of hydrogen-bond donors (Lipinski definition) is 0. The van der Waals surface area contributed by atoms with Gasteiger partial charge in [0.15, 0.2) is 0 Å². The number of unbranched alkanes of at least 4 members (excludes halogenated alkanes) is 2. The third-order valence-corrected chi connectivity index (χ3v) is 2.09. The zero-order valence-electron chi connectivity index (χ0n) is 13.6. The fourth-order valence-corrected chi connectivity index (χ4v) is 0.984. The minimum Gasteiger partial charge on any atom is -0.463 e. The number of carbonyl (C=O) groups is 3. The fraction of sp³-hybridized carbons (Fsp3) is 0.562. The maximum Gasteiger partial charge on any atom is 0.331 e. The molecule has 22 heavy (non-hydrogen) atoms. The maximum absolute atomic E-state index is 11.0. The molecule has 6 heteroatoms. The highest BCUT2D eigenvalue weighted by Gasteiger charge is 2.00. The zero-order valence-corrected chi connectivity index (χ0v) is 13.6. The van der Waals surface area contributed by atoms with Gasteiger partial charge in [-0.2, -0.15) is 0 Å². The molecule has 6 nitrogen and oxygen atoms in total. The number of esters is 3. The topological polar surface area (TPSA) is 78.9 Å². The van der Waals surface area contributed by atoms with Gasteiger partial charge in [0.2, 0.25) is 0 Å². The van der Waals surface area contributed by atoms with Crippen LogP contribution in [0.15, 0.2) is 25.0 Å². The molecule has 0 aromatic heterocycles. The molecule has 0 bridgehead atoms. The molecule has 0 aliphatic carbocycles. The molecule has 0 amide bonds. The van der Waals surface area contributed by atoms with Gasteiger partial charge in [-0.15, -0.1) is 0 Å². The molecule has 0 unspecified atom stereocenters. The summed E-state index contributed by atoms with van der Waals surface area (Å²) in [5, 5.41) is 0. The van der Waals surface area contributed by atoms with Crippen LogP contribution in [0.2, 0.25) is 0 Å². The molecule has 0 spiro atoms. The van der Waals surface area contributed by atoms with Gasteiger partial charge in [-0.3, -0.25) is 4.79 Å². The second kappa shape index (κ2) is 16.9. The van der Waals surface area contributed by atoms with Crippen LogP contribution in [-0.4, -0.2) is 31.1 Å². The third kappa shape index (κ3) is 20.2. The molecule has 0 rings (SSSR count). The van der Waals surface area contributed by atoms with Crippen molar-refractivity contribution in [2.75, 3.05) is 13.2 Å². The fourth-order valence-electron chi connectivity index (χ4n) is 0.984. The van der Waals surface area contributed by atoms with Gasteiger partial charge in [0.25, 0.3) is 0 Å². The maximum atomic E-state index is 11.0. The average molecular weight is 314 g/mol. The molecule has 0 heterocycles. The molecular formula is C16H26O6. The Morgan fingerprint density at radius 1 is 0.909 bits per heavy atom. The molecule has 0 fully saturated rings. The van der Waals surface area contributed by atoms with E-state index in [1.807, 2.05) is 13.8 Å². The molecule has 0 aromatic carbocycles. The highest BCUT2D eigenvalue weighted by atomic mass is 16.5. The normalized spacial score (nSPS) is 9.41. The Balaban J connectivity index is 0. The first-order chi connectivity index (χ1) is 10.5. The highest BCUT2D eigenvalue weighted by Crippen LogP contribution is 1.92. The number of ether oxygens (including phenoxy) is 3. The van der Waals surface area contributed by atoms with Gasteiger partial charge in [-0.05, 0) is 12.8 Å². The summed E-state index contributed by atoms with van der Waals surface area (Å²) >= 11 is 0. The molecule has 0 saturated heterocycles. The summed E-state index contributed by atoms with van der Waals surface area (Å²) in [6, 6.07) is 0. The zero-order chi connectivity index (χ0) is 17.2. The van der Waals surface area contributed by atoms with Gasteiger partial charge in [-0.1, -0.05) is 33.3 Å². The van der Waals surface area contributed by atoms with E-state index in [4.69, 9.17) is 9.47 Å². The van der Waals surface area contributed by atoms with Gasteiger partial charge < -0.3 is 14.2 Å². The van der Waals surface area contributed by atoms with Gasteiger partial charge in [0, 0.05) is 19.1 Å². The van der Waals surface area contributed by atoms with E-state index in [1.165, 1.54) is 6.92 Å². The lowest BCUT2D eigenvalue weighted by molar-refractivity contribution is -0.140. The standard InChI is InChI=1S/C12H20O4.C4H6O2/c1-3-5-9-15-11(13)7-8-12(14)16-10-6-4-2;1-3-6-4(2)5/h7-8H,3-6,9-10H2,1-2H3;3H,1H2,2H3/b8-7-;. The molecule has 0 aromatic rings. The molecule has 0 aliphatic heterocycles. The van der Waals surface area contributed by atoms with Crippen molar-refractivity contribution in [3.05, 3.63) is 25.0 Å². The van der Waals surface area contributed by atoms with E-state index in [2.05, 4.69) is 11.3 Å². The summed E-state index contributed by atoms with van der Waals surface area (Å²) in [7, 11) is 0. The first-order valence-electron chi connectivity index (χ1n) is 7.27. The Hall–Kier alpha value is -2.11. The van der Waals surface area contributed by atoms with E-state index in [1.54, 1.807) is 0 Å². The van der Waals surface area contributed by atoms with Crippen molar-refractivity contribution in [1.29, 1.82) is 0 Å². The van der Waals surface area contributed by atoms with E-state index < -0.39 is 11.9 Å². The summed E-state index contributed by atoms with van der Waals surface area (Å²) in [6.45, 7) is 9.28. The monoisotopic (exact) mass is 314 g/mol. The smallest absolute Gasteiger partial charge is 0.331 e. The molecule has 0 aliphatic rings. The van der Waals surface area contributed by atoms with Crippen molar-refractivity contribution in [2.24, 2.45) is 0 Å². The van der Waals surface area contributed by atoms with Gasteiger partial charge in [-0.25, -0.2) is 9.59 Å². The Morgan fingerprint density at radius 2 is 1.32 bits per heavy atom. The summed E-state index contributed by atoms with van der Waals surface area (Å²) < 4.78 is 13.8. The molecular weight excluding hydrogens is 288 g/mol. The van der Waals surface area contributed by atoms with E-state index in [-0.39, 0.29) is 5.97 Å². The average Bonchev–Trinajstić information content (AvgIpc) is 2.46. The largest absolute Gasteiger partial charge is 0.463 e. The van der Waals surface area contributed by atoms with E-state index in [0.29, 0.717) is 13.2 Å². The van der Waals surface area contributed by atoms with Crippen LogP contribution < -0.4 is 0 Å². The van der Waals surface area contributed by atoms with Crippen LogP contribution in [0.25, 0.3) is 0 Å². The van der Waals surface area contributed by atoms with Crippen molar-refractivity contribution in [3.8, 4) is 0 Å². The second-order valence-electron chi connectivity index (χ2n) is 4.15. The van der Waals surface area contributed by atoms with Crippen LogP contribution in [0.1, 0.15) is 46.5 Å². The van der Waals surface area contributed by atoms with Crippen molar-refractivity contribution in [1.82, 2.24) is 0 Å². The minimum atomic E-state index is -0.499. The Morgan fingerprint density at radius 3 is 1.55 bits per heavy atom. The SMILES string of the molecule is C=COC(C)=O.CCCCOC(=O)/C=C\C(=O)OCCCC. The van der Waals surface area contributed by atoms with Crippen molar-refractivity contribution in [2.45, 2.75) is 46.5 Å². The highest BCUT2D eigenvalue weighted by molar-refractivity contribution is 5.91. The second-order valence-corrected chi connectivity index (χ2v) is 4.15. The third-order valence-electron chi connectivity index (χ3n) is 2.09. The van der Waals surface area contributed by atoms with Crippen LogP contribution in [0, 0.1) is 0 Å². The van der Waals surface area contributed by atoms with Gasteiger partial charge in [0.05, 0.1) is 19.5 Å². The Labute approximate surface area is 132 Å². The molecule has 126 valence electrons. The minimum absolute atomic E-state index is 0.329. The van der Waals surface area contributed by atoms with E-state index in [0.717, 1.165) is 44.1 Å². The molecule has 0 atom stereocenters. The predicted molar refractivity (Wildman–Crippen MR) is 82.8 cm³/mol. The van der Waals surface area contributed by atoms with Crippen LogP contribution in [0.3, 0.4) is 0 Å². The van der Waals surface area contributed by atoms with Crippen molar-refractivity contribution < 1.29 is 28.6 Å². The molecule has 0 radical (unpaired) electrons. The van der Waals surface area contributed by atoms with Gasteiger partial charge >= 0.3 is 17.9 Å². The lowest BCUT2D eigenvalue weighted by Gasteiger charge is -2.00. The van der Waals surface area contributed by atoms with Crippen LogP contribution >= 0.6 is 0 Å². The first-order valence-corrected chi connectivity index (χ1v) is 7.27. The van der Waals surface area contributed by atoms with Crippen LogP contribution in [0.4, 0.5) is 0 Å². The van der Waals surface area contributed by atoms with Gasteiger partial charge in [0.1, 0.15) is 0 Å². The first kappa shape index (κ1) is 22.2. The lowest BCUT2D eigenvalue weighted by Crippen LogP contribution is -2.05. The van der Waals surface area contributed by atoms with Crippen LogP contribution in [-0.2, 0) is 28.6 Å². The number of hydrogen-bond acceptors (Lipinski definition) is 6. The lowest BCUT2D eigenvalue weighted by atomic mass is 10.4. The number of carbonyl (C=O) groups excluding carboxylic acids is 3. The number of rotatable bonds is 9. The van der Waals surface area contributed by atoms with E-state index >= 15 is 0 Å². The Kier molecular flexibility index (Phi) is 17.1.